The summed E-state index contributed by atoms with van der Waals surface area (Å²) >= 11 is 0. The molecule has 0 aromatic heterocycles. The maximum absolute atomic E-state index is 9.78. The third kappa shape index (κ3) is 6.36. The van der Waals surface area contributed by atoms with Crippen LogP contribution in [0.3, 0.4) is 0 Å². The van der Waals surface area contributed by atoms with Gasteiger partial charge in [-0.3, -0.25) is 5.32 Å². The highest BCUT2D eigenvalue weighted by Gasteiger charge is 2.46. The van der Waals surface area contributed by atoms with Gasteiger partial charge in [-0.15, -0.1) is 0 Å². The van der Waals surface area contributed by atoms with Crippen molar-refractivity contribution >= 4 is 0 Å². The zero-order valence-electron chi connectivity index (χ0n) is 14.8. The highest BCUT2D eigenvalue weighted by atomic mass is 15.2. The molecular weight excluding hydrogens is 258 g/mol. The molecule has 0 aliphatic heterocycles. The van der Waals surface area contributed by atoms with Crippen molar-refractivity contribution in [3.8, 4) is 6.07 Å². The number of likely N-dealkylation sites (N-methyl/N-ethyl adjacent to an activating group) is 1. The van der Waals surface area contributed by atoms with Crippen molar-refractivity contribution in [2.24, 2.45) is 17.8 Å². The van der Waals surface area contributed by atoms with Crippen LogP contribution >= 0.6 is 0 Å². The summed E-state index contributed by atoms with van der Waals surface area (Å²) in [6.45, 7) is 15.2. The van der Waals surface area contributed by atoms with Crippen LogP contribution in [-0.4, -0.2) is 36.6 Å². The number of hydrogen-bond acceptors (Lipinski definition) is 3. The molecule has 0 saturated heterocycles. The molecule has 0 radical (unpaired) electrons. The zero-order valence-corrected chi connectivity index (χ0v) is 14.8. The van der Waals surface area contributed by atoms with Gasteiger partial charge in [0.15, 0.2) is 0 Å². The predicted octanol–water partition coefficient (Wildman–Crippen LogP) is 3.66. The molecule has 0 aromatic rings. The summed E-state index contributed by atoms with van der Waals surface area (Å²) < 4.78 is 0. The molecule has 1 aliphatic rings. The van der Waals surface area contributed by atoms with E-state index in [-0.39, 0.29) is 5.54 Å². The average molecular weight is 293 g/mol. The summed E-state index contributed by atoms with van der Waals surface area (Å²) in [5.74, 6) is 2.01. The van der Waals surface area contributed by atoms with Crippen LogP contribution in [0.15, 0.2) is 0 Å². The lowest BCUT2D eigenvalue weighted by atomic mass is 9.93. The van der Waals surface area contributed by atoms with Crippen LogP contribution in [0.2, 0.25) is 0 Å². The second-order valence-corrected chi connectivity index (χ2v) is 7.53. The molecule has 1 saturated carbocycles. The van der Waals surface area contributed by atoms with Crippen molar-refractivity contribution in [2.75, 3.05) is 26.2 Å². The summed E-state index contributed by atoms with van der Waals surface area (Å²) in [6.07, 6.45) is 4.86. The molecule has 1 rings (SSSR count). The molecule has 3 heteroatoms. The first-order chi connectivity index (χ1) is 9.93. The first kappa shape index (κ1) is 18.5. The van der Waals surface area contributed by atoms with E-state index in [0.717, 1.165) is 38.0 Å². The van der Waals surface area contributed by atoms with E-state index >= 15 is 0 Å². The van der Waals surface area contributed by atoms with Crippen molar-refractivity contribution in [1.82, 2.24) is 10.2 Å². The van der Waals surface area contributed by atoms with Crippen molar-refractivity contribution in [3.05, 3.63) is 0 Å². The van der Waals surface area contributed by atoms with Gasteiger partial charge < -0.3 is 4.90 Å². The van der Waals surface area contributed by atoms with E-state index in [2.05, 4.69) is 50.9 Å². The molecule has 0 bridgehead atoms. The van der Waals surface area contributed by atoms with Gasteiger partial charge in [0.25, 0.3) is 0 Å². The van der Waals surface area contributed by atoms with Gasteiger partial charge in [-0.2, -0.15) is 5.26 Å². The largest absolute Gasteiger partial charge is 0.300 e. The lowest BCUT2D eigenvalue weighted by molar-refractivity contribution is 0.181. The van der Waals surface area contributed by atoms with Gasteiger partial charge >= 0.3 is 0 Å². The number of nitrogens with one attached hydrogen (secondary N) is 1. The normalized spacial score (nSPS) is 18.2. The minimum absolute atomic E-state index is 0.317. The highest BCUT2D eigenvalue weighted by Crippen LogP contribution is 2.40. The van der Waals surface area contributed by atoms with Crippen LogP contribution < -0.4 is 5.32 Å². The molecule has 1 N–H and O–H groups in total. The Bertz CT molecular complexity index is 316. The third-order valence-corrected chi connectivity index (χ3v) is 4.48. The molecule has 0 aromatic carbocycles. The van der Waals surface area contributed by atoms with Crippen LogP contribution in [0.4, 0.5) is 0 Å². The average Bonchev–Trinajstić information content (AvgIpc) is 3.25. The lowest BCUT2D eigenvalue weighted by Gasteiger charge is -2.35. The minimum atomic E-state index is -0.317. The maximum atomic E-state index is 9.78. The monoisotopic (exact) mass is 293 g/mol. The van der Waals surface area contributed by atoms with E-state index in [9.17, 15) is 5.26 Å². The van der Waals surface area contributed by atoms with E-state index in [1.54, 1.807) is 0 Å². The third-order valence-electron chi connectivity index (χ3n) is 4.48. The molecule has 1 aliphatic carbocycles. The van der Waals surface area contributed by atoms with Gasteiger partial charge in [0.1, 0.15) is 5.54 Å². The van der Waals surface area contributed by atoms with Crippen LogP contribution in [0.1, 0.15) is 60.3 Å². The first-order valence-electron chi connectivity index (χ1n) is 8.82. The van der Waals surface area contributed by atoms with Gasteiger partial charge in [-0.25, -0.2) is 0 Å². The number of rotatable bonds is 11. The predicted molar refractivity (Wildman–Crippen MR) is 90.1 cm³/mol. The second-order valence-electron chi connectivity index (χ2n) is 7.53. The molecule has 1 atom stereocenters. The second kappa shape index (κ2) is 8.76. The Morgan fingerprint density at radius 2 is 1.67 bits per heavy atom. The molecule has 0 spiro atoms. The van der Waals surface area contributed by atoms with E-state index in [1.807, 2.05) is 0 Å². The SMILES string of the molecule is CCNC(C#N)(CN(CCC(C)C)CCC(C)C)C1CC1. The van der Waals surface area contributed by atoms with E-state index in [1.165, 1.54) is 25.7 Å². The van der Waals surface area contributed by atoms with Crippen LogP contribution in [0.5, 0.6) is 0 Å². The Balaban J connectivity index is 2.68. The molecule has 122 valence electrons. The Morgan fingerprint density at radius 3 is 2.00 bits per heavy atom. The smallest absolute Gasteiger partial charge is 0.122 e. The number of nitrogens with zero attached hydrogens (tertiary/aromatic N) is 2. The molecule has 3 nitrogen and oxygen atoms in total. The fourth-order valence-electron chi connectivity index (χ4n) is 2.89. The van der Waals surface area contributed by atoms with Gasteiger partial charge in [0.2, 0.25) is 0 Å². The molecule has 21 heavy (non-hydrogen) atoms. The fourth-order valence-corrected chi connectivity index (χ4v) is 2.89. The Morgan fingerprint density at radius 1 is 1.14 bits per heavy atom. The number of hydrogen-bond donors (Lipinski definition) is 1. The summed E-state index contributed by atoms with van der Waals surface area (Å²) in [5.41, 5.74) is -0.317. The maximum Gasteiger partial charge on any atom is 0.122 e. The van der Waals surface area contributed by atoms with Crippen molar-refractivity contribution in [2.45, 2.75) is 65.8 Å². The zero-order chi connectivity index (χ0) is 15.9. The van der Waals surface area contributed by atoms with Gasteiger partial charge in [-0.05, 0) is 63.1 Å². The van der Waals surface area contributed by atoms with Gasteiger partial charge in [0.05, 0.1) is 6.07 Å². The topological polar surface area (TPSA) is 39.1 Å². The molecule has 1 fully saturated rings. The summed E-state index contributed by atoms with van der Waals surface area (Å²) in [5, 5.41) is 13.3. The minimum Gasteiger partial charge on any atom is -0.300 e. The summed E-state index contributed by atoms with van der Waals surface area (Å²) in [4.78, 5) is 2.53. The van der Waals surface area contributed by atoms with Gasteiger partial charge in [-0.1, -0.05) is 34.6 Å². The summed E-state index contributed by atoms with van der Waals surface area (Å²) in [6, 6.07) is 2.63. The first-order valence-corrected chi connectivity index (χ1v) is 8.82. The molecular formula is C18H35N3. The van der Waals surface area contributed by atoms with E-state index in [0.29, 0.717) is 5.92 Å². The number of nitriles is 1. The van der Waals surface area contributed by atoms with Crippen LogP contribution in [-0.2, 0) is 0 Å². The van der Waals surface area contributed by atoms with Crippen LogP contribution in [0.25, 0.3) is 0 Å². The van der Waals surface area contributed by atoms with E-state index in [4.69, 9.17) is 0 Å². The fraction of sp³-hybridized carbons (Fsp3) is 0.944. The van der Waals surface area contributed by atoms with Gasteiger partial charge in [0, 0.05) is 6.54 Å². The Labute approximate surface area is 132 Å². The van der Waals surface area contributed by atoms with Crippen molar-refractivity contribution in [1.29, 1.82) is 5.26 Å². The lowest BCUT2D eigenvalue weighted by Crippen LogP contribution is -2.54. The van der Waals surface area contributed by atoms with Crippen molar-refractivity contribution in [3.63, 3.8) is 0 Å². The molecule has 0 amide bonds. The van der Waals surface area contributed by atoms with Crippen LogP contribution in [0, 0.1) is 29.1 Å². The van der Waals surface area contributed by atoms with Crippen molar-refractivity contribution < 1.29 is 0 Å². The quantitative estimate of drug-likeness (QED) is 0.632. The molecule has 0 heterocycles. The highest BCUT2D eigenvalue weighted by molar-refractivity contribution is 5.16. The summed E-state index contributed by atoms with van der Waals surface area (Å²) in [7, 11) is 0. The van der Waals surface area contributed by atoms with E-state index < -0.39 is 0 Å². The standard InChI is InChI=1S/C18H35N3/c1-6-20-18(13-19,17-7-8-17)14-21(11-9-15(2)3)12-10-16(4)5/h15-17,20H,6-12,14H2,1-5H3. The molecule has 1 unspecified atom stereocenters. The Kier molecular flexibility index (Phi) is 7.70. The Hall–Kier alpha value is -0.590.